The molecule has 1 aromatic carbocycles. The van der Waals surface area contributed by atoms with E-state index in [1.807, 2.05) is 24.3 Å². The van der Waals surface area contributed by atoms with Crippen molar-refractivity contribution < 1.29 is 23.9 Å². The van der Waals surface area contributed by atoms with Crippen molar-refractivity contribution in [3.63, 3.8) is 0 Å². The lowest BCUT2D eigenvalue weighted by Gasteiger charge is -2.19. The molecule has 0 radical (unpaired) electrons. The lowest BCUT2D eigenvalue weighted by molar-refractivity contribution is -0.144. The second kappa shape index (κ2) is 9.60. The fraction of sp³-hybridized carbons (Fsp3) is 0.421. The number of amides is 2. The van der Waals surface area contributed by atoms with E-state index in [-0.39, 0.29) is 6.42 Å². The molecule has 2 amide bonds. The molecule has 7 heteroatoms. The molecule has 0 spiro atoms. The normalized spacial score (nSPS) is 11.8. The second-order valence-corrected chi connectivity index (χ2v) is 6.66. The van der Waals surface area contributed by atoms with E-state index in [9.17, 15) is 14.4 Å². The summed E-state index contributed by atoms with van der Waals surface area (Å²) in [7, 11) is 1.26. The van der Waals surface area contributed by atoms with E-state index >= 15 is 0 Å². The lowest BCUT2D eigenvalue weighted by atomic mass is 10.0. The molecule has 0 bridgehead atoms. The van der Waals surface area contributed by atoms with Gasteiger partial charge in [-0.1, -0.05) is 30.8 Å². The first-order chi connectivity index (χ1) is 12.1. The third-order valence-electron chi connectivity index (χ3n) is 3.29. The van der Waals surface area contributed by atoms with Crippen LogP contribution in [-0.4, -0.2) is 36.7 Å². The van der Waals surface area contributed by atoms with Gasteiger partial charge < -0.3 is 20.1 Å². The average molecular weight is 362 g/mol. The highest BCUT2D eigenvalue weighted by atomic mass is 16.6. The zero-order valence-electron chi connectivity index (χ0n) is 15.6. The van der Waals surface area contributed by atoms with E-state index in [2.05, 4.69) is 17.2 Å². The van der Waals surface area contributed by atoms with Gasteiger partial charge in [-0.15, -0.1) is 0 Å². The lowest BCUT2D eigenvalue weighted by Crippen LogP contribution is -2.42. The summed E-state index contributed by atoms with van der Waals surface area (Å²) in [5.74, 6) is -0.977. The maximum absolute atomic E-state index is 11.8. The largest absolute Gasteiger partial charge is 0.467 e. The Labute approximate surface area is 153 Å². The number of alkyl carbamates (subject to hydrolysis) is 1. The van der Waals surface area contributed by atoms with Crippen LogP contribution in [0.25, 0.3) is 0 Å². The number of carbonyl (C=O) groups is 3. The highest BCUT2D eigenvalue weighted by Gasteiger charge is 2.21. The minimum atomic E-state index is -0.795. The van der Waals surface area contributed by atoms with Gasteiger partial charge in [-0.25, -0.2) is 9.59 Å². The van der Waals surface area contributed by atoms with Crippen molar-refractivity contribution in [2.45, 2.75) is 45.4 Å². The number of methoxy groups -OCH3 is 1. The molecule has 0 aliphatic heterocycles. The van der Waals surface area contributed by atoms with Gasteiger partial charge in [0.1, 0.15) is 11.6 Å². The molecule has 2 N–H and O–H groups in total. The third-order valence-corrected chi connectivity index (χ3v) is 3.29. The van der Waals surface area contributed by atoms with Crippen LogP contribution >= 0.6 is 0 Å². The monoisotopic (exact) mass is 362 g/mol. The van der Waals surface area contributed by atoms with E-state index in [0.29, 0.717) is 6.54 Å². The van der Waals surface area contributed by atoms with Gasteiger partial charge in [0.15, 0.2) is 0 Å². The highest BCUT2D eigenvalue weighted by Crippen LogP contribution is 2.10. The summed E-state index contributed by atoms with van der Waals surface area (Å²) < 4.78 is 9.88. The summed E-state index contributed by atoms with van der Waals surface area (Å²) >= 11 is 0. The Bertz CT molecular complexity index is 647. The molecule has 0 aliphatic rings. The number of ether oxygens (including phenoxy) is 2. The fourth-order valence-corrected chi connectivity index (χ4v) is 2.08. The van der Waals surface area contributed by atoms with Crippen LogP contribution in [0.1, 0.15) is 31.9 Å². The van der Waals surface area contributed by atoms with Gasteiger partial charge in [-0.05, 0) is 38.0 Å². The predicted octanol–water partition coefficient (Wildman–Crippen LogP) is 2.10. The molecule has 0 heterocycles. The maximum atomic E-state index is 11.8. The number of benzene rings is 1. The Balaban J connectivity index is 2.64. The molecule has 142 valence electrons. The number of esters is 1. The topological polar surface area (TPSA) is 93.7 Å². The molecule has 0 fully saturated rings. The zero-order valence-corrected chi connectivity index (χ0v) is 15.6. The fourth-order valence-electron chi connectivity index (χ4n) is 2.08. The summed E-state index contributed by atoms with van der Waals surface area (Å²) in [5, 5.41) is 5.21. The third kappa shape index (κ3) is 7.83. The van der Waals surface area contributed by atoms with Crippen LogP contribution in [0.5, 0.6) is 0 Å². The predicted molar refractivity (Wildman–Crippen MR) is 97.4 cm³/mol. The molecule has 0 unspecified atom stereocenters. The van der Waals surface area contributed by atoms with E-state index in [1.165, 1.54) is 7.11 Å². The van der Waals surface area contributed by atoms with Crippen LogP contribution in [-0.2, 0) is 32.0 Å². The van der Waals surface area contributed by atoms with Crippen molar-refractivity contribution in [1.82, 2.24) is 10.6 Å². The molecule has 1 atom stereocenters. The van der Waals surface area contributed by atoms with Gasteiger partial charge in [-0.3, -0.25) is 4.79 Å². The van der Waals surface area contributed by atoms with Gasteiger partial charge in [-0.2, -0.15) is 0 Å². The SMILES string of the molecule is C=CC(=O)N[C@H](Cc1ccc(CNC(=O)OC(C)(C)C)cc1)C(=O)OC. The van der Waals surface area contributed by atoms with Crippen LogP contribution in [0.3, 0.4) is 0 Å². The molecule has 7 nitrogen and oxygen atoms in total. The van der Waals surface area contributed by atoms with Crippen LogP contribution in [0, 0.1) is 0 Å². The van der Waals surface area contributed by atoms with Crippen molar-refractivity contribution >= 4 is 18.0 Å². The number of nitrogens with one attached hydrogen (secondary N) is 2. The first kappa shape index (κ1) is 21.2. The van der Waals surface area contributed by atoms with Crippen molar-refractivity contribution in [3.8, 4) is 0 Å². The molecule has 0 saturated carbocycles. The van der Waals surface area contributed by atoms with E-state index < -0.39 is 29.6 Å². The molecule has 0 saturated heterocycles. The Morgan fingerprint density at radius 1 is 1.15 bits per heavy atom. The number of hydrogen-bond donors (Lipinski definition) is 2. The summed E-state index contributed by atoms with van der Waals surface area (Å²) in [4.78, 5) is 34.9. The van der Waals surface area contributed by atoms with Crippen LogP contribution in [0.4, 0.5) is 4.79 Å². The smallest absolute Gasteiger partial charge is 0.407 e. The van der Waals surface area contributed by atoms with Crippen molar-refractivity contribution in [2.24, 2.45) is 0 Å². The van der Waals surface area contributed by atoms with Gasteiger partial charge >= 0.3 is 12.1 Å². The van der Waals surface area contributed by atoms with Crippen molar-refractivity contribution in [3.05, 3.63) is 48.0 Å². The first-order valence-electron chi connectivity index (χ1n) is 8.20. The summed E-state index contributed by atoms with van der Waals surface area (Å²) in [6, 6.07) is 6.51. The number of rotatable bonds is 7. The molecular weight excluding hydrogens is 336 g/mol. The minimum Gasteiger partial charge on any atom is -0.467 e. The van der Waals surface area contributed by atoms with E-state index in [1.54, 1.807) is 20.8 Å². The van der Waals surface area contributed by atoms with E-state index in [0.717, 1.165) is 17.2 Å². The first-order valence-corrected chi connectivity index (χ1v) is 8.20. The van der Waals surface area contributed by atoms with Gasteiger partial charge in [0.2, 0.25) is 5.91 Å². The highest BCUT2D eigenvalue weighted by molar-refractivity contribution is 5.91. The molecule has 1 aromatic rings. The van der Waals surface area contributed by atoms with Crippen LogP contribution in [0.15, 0.2) is 36.9 Å². The Kier molecular flexibility index (Phi) is 7.83. The van der Waals surface area contributed by atoms with Crippen molar-refractivity contribution in [2.75, 3.05) is 7.11 Å². The maximum Gasteiger partial charge on any atom is 0.407 e. The Morgan fingerprint density at radius 3 is 2.23 bits per heavy atom. The van der Waals surface area contributed by atoms with E-state index in [4.69, 9.17) is 9.47 Å². The summed E-state index contributed by atoms with van der Waals surface area (Å²) in [6.45, 7) is 9.08. The molecular formula is C19H26N2O5. The second-order valence-electron chi connectivity index (χ2n) is 6.66. The van der Waals surface area contributed by atoms with Gasteiger partial charge in [0.25, 0.3) is 0 Å². The van der Waals surface area contributed by atoms with Crippen molar-refractivity contribution in [1.29, 1.82) is 0 Å². The number of hydrogen-bond acceptors (Lipinski definition) is 5. The molecule has 1 rings (SSSR count). The molecule has 0 aromatic heterocycles. The quantitative estimate of drug-likeness (QED) is 0.572. The van der Waals surface area contributed by atoms with Gasteiger partial charge in [0.05, 0.1) is 7.11 Å². The Morgan fingerprint density at radius 2 is 1.73 bits per heavy atom. The Hall–Kier alpha value is -2.83. The minimum absolute atomic E-state index is 0.284. The average Bonchev–Trinajstić information content (AvgIpc) is 2.58. The zero-order chi connectivity index (χ0) is 19.7. The standard InChI is InChI=1S/C19H26N2O5/c1-6-16(22)21-15(17(23)25-5)11-13-7-9-14(10-8-13)12-20-18(24)26-19(2,3)4/h6-10,15H,1,11-12H2,2-5H3,(H,20,24)(H,21,22)/t15-/m1/s1. The summed E-state index contributed by atoms with van der Waals surface area (Å²) in [5.41, 5.74) is 1.17. The van der Waals surface area contributed by atoms with Crippen LogP contribution < -0.4 is 10.6 Å². The number of carbonyl (C=O) groups excluding carboxylic acids is 3. The van der Waals surface area contributed by atoms with Crippen LogP contribution in [0.2, 0.25) is 0 Å². The summed E-state index contributed by atoms with van der Waals surface area (Å²) in [6.07, 6.45) is 0.896. The molecule has 0 aliphatic carbocycles. The molecule has 26 heavy (non-hydrogen) atoms. The van der Waals surface area contributed by atoms with Gasteiger partial charge in [0, 0.05) is 13.0 Å².